The summed E-state index contributed by atoms with van der Waals surface area (Å²) < 4.78 is 5.02. The topological polar surface area (TPSA) is 58.6 Å². The Morgan fingerprint density at radius 3 is 2.42 bits per heavy atom. The summed E-state index contributed by atoms with van der Waals surface area (Å²) in [6.07, 6.45) is 1.40. The number of rotatable bonds is 8. The number of carbonyl (C=O) groups excluding carboxylic acids is 1. The highest BCUT2D eigenvalue weighted by Crippen LogP contribution is 2.15. The summed E-state index contributed by atoms with van der Waals surface area (Å²) in [5.74, 6) is 0.265. The maximum Gasteiger partial charge on any atom is 0.308 e. The van der Waals surface area contributed by atoms with Crippen molar-refractivity contribution in [1.29, 1.82) is 0 Å². The van der Waals surface area contributed by atoms with Crippen molar-refractivity contribution < 1.29 is 14.6 Å². The SMILES string of the molecule is CC(=O)Oc1ccc(CC[C@@H](C)NC[C@H](O)c2ccccc2)cc1. The standard InChI is InChI=1S/C20H25NO3/c1-15(21-14-20(23)18-6-4-3-5-7-18)8-9-17-10-12-19(13-11-17)24-16(2)22/h3-7,10-13,15,20-21,23H,8-9,14H2,1-2H3/t15-,20+/m1/s1. The fourth-order valence-electron chi connectivity index (χ4n) is 2.48. The van der Waals surface area contributed by atoms with Crippen molar-refractivity contribution in [3.63, 3.8) is 0 Å². The third-order valence-corrected chi connectivity index (χ3v) is 3.89. The number of carbonyl (C=O) groups is 1. The summed E-state index contributed by atoms with van der Waals surface area (Å²) in [7, 11) is 0. The molecule has 2 rings (SSSR count). The number of hydrogen-bond acceptors (Lipinski definition) is 4. The number of aliphatic hydroxyl groups is 1. The molecule has 0 fully saturated rings. The van der Waals surface area contributed by atoms with Crippen molar-refractivity contribution in [3.05, 3.63) is 65.7 Å². The molecule has 128 valence electrons. The minimum Gasteiger partial charge on any atom is -0.427 e. The van der Waals surface area contributed by atoms with Crippen molar-refractivity contribution in [1.82, 2.24) is 5.32 Å². The van der Waals surface area contributed by atoms with E-state index in [1.807, 2.05) is 54.6 Å². The van der Waals surface area contributed by atoms with Gasteiger partial charge in [0.25, 0.3) is 0 Å². The number of hydrogen-bond donors (Lipinski definition) is 2. The van der Waals surface area contributed by atoms with Gasteiger partial charge in [-0.25, -0.2) is 0 Å². The van der Waals surface area contributed by atoms with Gasteiger partial charge in [0.2, 0.25) is 0 Å². The van der Waals surface area contributed by atoms with Gasteiger partial charge in [-0.2, -0.15) is 0 Å². The van der Waals surface area contributed by atoms with Crippen LogP contribution >= 0.6 is 0 Å². The van der Waals surface area contributed by atoms with Gasteiger partial charge in [-0.1, -0.05) is 42.5 Å². The molecule has 0 aliphatic carbocycles. The van der Waals surface area contributed by atoms with E-state index in [2.05, 4.69) is 12.2 Å². The minimum absolute atomic E-state index is 0.302. The average molecular weight is 327 g/mol. The van der Waals surface area contributed by atoms with E-state index in [-0.39, 0.29) is 5.97 Å². The maximum absolute atomic E-state index is 10.9. The molecular formula is C20H25NO3. The number of benzene rings is 2. The van der Waals surface area contributed by atoms with Gasteiger partial charge in [0.15, 0.2) is 0 Å². The molecule has 4 heteroatoms. The van der Waals surface area contributed by atoms with Crippen molar-refractivity contribution in [2.45, 2.75) is 38.8 Å². The van der Waals surface area contributed by atoms with Gasteiger partial charge in [-0.3, -0.25) is 4.79 Å². The predicted octanol–water partition coefficient (Wildman–Crippen LogP) is 3.26. The number of aryl methyl sites for hydroxylation is 1. The average Bonchev–Trinajstić information content (AvgIpc) is 2.59. The summed E-state index contributed by atoms with van der Waals surface area (Å²) in [5, 5.41) is 13.5. The lowest BCUT2D eigenvalue weighted by atomic mass is 10.1. The molecule has 0 aliphatic heterocycles. The molecule has 0 amide bonds. The Morgan fingerprint density at radius 2 is 1.79 bits per heavy atom. The first-order valence-corrected chi connectivity index (χ1v) is 8.28. The molecule has 0 aliphatic rings. The van der Waals surface area contributed by atoms with Crippen LogP contribution < -0.4 is 10.1 Å². The lowest BCUT2D eigenvalue weighted by Crippen LogP contribution is -2.30. The van der Waals surface area contributed by atoms with Gasteiger partial charge in [-0.05, 0) is 43.0 Å². The van der Waals surface area contributed by atoms with Crippen molar-refractivity contribution in [2.75, 3.05) is 6.54 Å². The molecule has 2 aromatic rings. The Morgan fingerprint density at radius 1 is 1.12 bits per heavy atom. The molecule has 0 radical (unpaired) electrons. The van der Waals surface area contributed by atoms with Crippen molar-refractivity contribution in [2.24, 2.45) is 0 Å². The molecule has 4 nitrogen and oxygen atoms in total. The molecule has 2 atom stereocenters. The Bertz CT molecular complexity index is 625. The monoisotopic (exact) mass is 327 g/mol. The van der Waals surface area contributed by atoms with E-state index >= 15 is 0 Å². The van der Waals surface area contributed by atoms with Gasteiger partial charge in [0, 0.05) is 19.5 Å². The van der Waals surface area contributed by atoms with Crippen LogP contribution in [0.25, 0.3) is 0 Å². The van der Waals surface area contributed by atoms with Crippen LogP contribution in [0, 0.1) is 0 Å². The second-order valence-corrected chi connectivity index (χ2v) is 6.01. The highest BCUT2D eigenvalue weighted by atomic mass is 16.5. The Kier molecular flexibility index (Phi) is 6.97. The molecule has 0 heterocycles. The number of nitrogens with one attached hydrogen (secondary N) is 1. The summed E-state index contributed by atoms with van der Waals surface area (Å²) in [4.78, 5) is 10.9. The lowest BCUT2D eigenvalue weighted by Gasteiger charge is -2.17. The molecule has 0 saturated carbocycles. The highest BCUT2D eigenvalue weighted by Gasteiger charge is 2.09. The zero-order valence-corrected chi connectivity index (χ0v) is 14.2. The molecule has 24 heavy (non-hydrogen) atoms. The smallest absolute Gasteiger partial charge is 0.308 e. The van der Waals surface area contributed by atoms with E-state index in [0.29, 0.717) is 18.3 Å². The quantitative estimate of drug-likeness (QED) is 0.577. The molecule has 0 bridgehead atoms. The molecule has 0 spiro atoms. The predicted molar refractivity (Wildman–Crippen MR) is 94.9 cm³/mol. The minimum atomic E-state index is -0.489. The number of aliphatic hydroxyl groups excluding tert-OH is 1. The largest absolute Gasteiger partial charge is 0.427 e. The fourth-order valence-corrected chi connectivity index (χ4v) is 2.48. The summed E-state index contributed by atoms with van der Waals surface area (Å²) in [6, 6.07) is 17.6. The van der Waals surface area contributed by atoms with E-state index in [4.69, 9.17) is 4.74 Å². The third kappa shape index (κ3) is 6.14. The number of esters is 1. The Balaban J connectivity index is 1.72. The van der Waals surface area contributed by atoms with Crippen LogP contribution in [-0.4, -0.2) is 23.7 Å². The second-order valence-electron chi connectivity index (χ2n) is 6.01. The normalized spacial score (nSPS) is 13.3. The van der Waals surface area contributed by atoms with E-state index in [9.17, 15) is 9.90 Å². The van der Waals surface area contributed by atoms with Crippen molar-refractivity contribution >= 4 is 5.97 Å². The van der Waals surface area contributed by atoms with E-state index < -0.39 is 6.10 Å². The summed E-state index contributed by atoms with van der Waals surface area (Å²) in [5.41, 5.74) is 2.13. The lowest BCUT2D eigenvalue weighted by molar-refractivity contribution is -0.131. The van der Waals surface area contributed by atoms with Crippen LogP contribution in [-0.2, 0) is 11.2 Å². The summed E-state index contributed by atoms with van der Waals surface area (Å²) in [6.45, 7) is 4.05. The maximum atomic E-state index is 10.9. The molecule has 0 saturated heterocycles. The van der Waals surface area contributed by atoms with E-state index in [1.54, 1.807) is 0 Å². The first-order valence-electron chi connectivity index (χ1n) is 8.28. The van der Waals surface area contributed by atoms with Gasteiger partial charge in [0.05, 0.1) is 6.10 Å². The van der Waals surface area contributed by atoms with Gasteiger partial charge < -0.3 is 15.2 Å². The molecular weight excluding hydrogens is 302 g/mol. The second kappa shape index (κ2) is 9.21. The summed E-state index contributed by atoms with van der Waals surface area (Å²) >= 11 is 0. The molecule has 2 N–H and O–H groups in total. The van der Waals surface area contributed by atoms with Crippen LogP contribution in [0.3, 0.4) is 0 Å². The van der Waals surface area contributed by atoms with Gasteiger partial charge in [0.1, 0.15) is 5.75 Å². The van der Waals surface area contributed by atoms with Crippen LogP contribution in [0.15, 0.2) is 54.6 Å². The van der Waals surface area contributed by atoms with E-state index in [0.717, 1.165) is 18.4 Å². The third-order valence-electron chi connectivity index (χ3n) is 3.89. The Hall–Kier alpha value is -2.17. The van der Waals surface area contributed by atoms with Crippen LogP contribution in [0.2, 0.25) is 0 Å². The Labute approximate surface area is 143 Å². The highest BCUT2D eigenvalue weighted by molar-refractivity contribution is 5.69. The molecule has 2 aromatic carbocycles. The molecule has 0 unspecified atom stereocenters. The zero-order valence-electron chi connectivity index (χ0n) is 14.2. The first-order chi connectivity index (χ1) is 11.5. The zero-order chi connectivity index (χ0) is 17.4. The van der Waals surface area contributed by atoms with Crippen LogP contribution in [0.4, 0.5) is 0 Å². The van der Waals surface area contributed by atoms with E-state index in [1.165, 1.54) is 12.5 Å². The number of ether oxygens (including phenoxy) is 1. The first kappa shape index (κ1) is 18.2. The van der Waals surface area contributed by atoms with Crippen LogP contribution in [0.1, 0.15) is 37.5 Å². The fraction of sp³-hybridized carbons (Fsp3) is 0.350. The van der Waals surface area contributed by atoms with Gasteiger partial charge >= 0.3 is 5.97 Å². The van der Waals surface area contributed by atoms with Crippen molar-refractivity contribution in [3.8, 4) is 5.75 Å². The van der Waals surface area contributed by atoms with Crippen LogP contribution in [0.5, 0.6) is 5.75 Å². The molecule has 0 aromatic heterocycles. The van der Waals surface area contributed by atoms with Gasteiger partial charge in [-0.15, -0.1) is 0 Å².